The van der Waals surface area contributed by atoms with Gasteiger partial charge in [-0.3, -0.25) is 5.10 Å². The fourth-order valence-corrected chi connectivity index (χ4v) is 2.73. The summed E-state index contributed by atoms with van der Waals surface area (Å²) in [7, 11) is 3.59. The minimum atomic E-state index is -0.126. The zero-order valence-corrected chi connectivity index (χ0v) is 12.1. The molecule has 0 aromatic carbocycles. The third-order valence-corrected chi connectivity index (χ3v) is 3.96. The second-order valence-corrected chi connectivity index (χ2v) is 5.43. The van der Waals surface area contributed by atoms with Crippen molar-refractivity contribution in [3.63, 3.8) is 0 Å². The third kappa shape index (κ3) is 2.18. The molecular weight excluding hydrogens is 256 g/mol. The molecule has 7 heteroatoms. The van der Waals surface area contributed by atoms with Crippen LogP contribution in [0.1, 0.15) is 19.8 Å². The molecule has 0 amide bonds. The smallest absolute Gasteiger partial charge is 0.226 e. The lowest BCUT2D eigenvalue weighted by molar-refractivity contribution is -0.00475. The van der Waals surface area contributed by atoms with Crippen LogP contribution in [0.25, 0.3) is 11.0 Å². The average molecular weight is 276 g/mol. The lowest BCUT2D eigenvalue weighted by Gasteiger charge is -2.40. The van der Waals surface area contributed by atoms with Gasteiger partial charge in [0.1, 0.15) is 5.82 Å². The molecule has 0 saturated carbocycles. The van der Waals surface area contributed by atoms with Gasteiger partial charge in [-0.25, -0.2) is 0 Å². The number of H-pyrrole nitrogens is 1. The normalized spacial score (nSPS) is 23.2. The molecule has 0 bridgehead atoms. The van der Waals surface area contributed by atoms with Gasteiger partial charge in [-0.15, -0.1) is 0 Å². The van der Waals surface area contributed by atoms with Crippen molar-refractivity contribution in [2.24, 2.45) is 0 Å². The van der Waals surface area contributed by atoms with Crippen LogP contribution in [-0.4, -0.2) is 53.0 Å². The summed E-state index contributed by atoms with van der Waals surface area (Å²) < 4.78 is 5.66. The Morgan fingerprint density at radius 1 is 1.45 bits per heavy atom. The maximum Gasteiger partial charge on any atom is 0.226 e. The molecule has 2 aromatic heterocycles. The van der Waals surface area contributed by atoms with Gasteiger partial charge >= 0.3 is 0 Å². The SMILES string of the molecule is CNc1nc(N2CCCC(C)(OC)C2)c2cn[nH]c2n1. The Hall–Kier alpha value is -1.89. The van der Waals surface area contributed by atoms with Gasteiger partial charge in [-0.1, -0.05) is 0 Å². The monoisotopic (exact) mass is 276 g/mol. The van der Waals surface area contributed by atoms with Gasteiger partial charge in [-0.2, -0.15) is 15.1 Å². The van der Waals surface area contributed by atoms with Crippen molar-refractivity contribution in [1.82, 2.24) is 20.2 Å². The third-order valence-electron chi connectivity index (χ3n) is 3.96. The number of hydrogen-bond donors (Lipinski definition) is 2. The Balaban J connectivity index is 2.02. The Morgan fingerprint density at radius 2 is 2.30 bits per heavy atom. The van der Waals surface area contributed by atoms with Gasteiger partial charge in [0.2, 0.25) is 5.95 Å². The van der Waals surface area contributed by atoms with Crippen molar-refractivity contribution in [3.8, 4) is 0 Å². The molecule has 0 spiro atoms. The van der Waals surface area contributed by atoms with Gasteiger partial charge in [0, 0.05) is 27.2 Å². The van der Waals surface area contributed by atoms with Gasteiger partial charge in [0.25, 0.3) is 0 Å². The lowest BCUT2D eigenvalue weighted by Crippen LogP contribution is -2.47. The van der Waals surface area contributed by atoms with E-state index >= 15 is 0 Å². The number of aromatic nitrogens is 4. The van der Waals surface area contributed by atoms with Crippen molar-refractivity contribution >= 4 is 22.8 Å². The summed E-state index contributed by atoms with van der Waals surface area (Å²) in [5, 5.41) is 10.9. The number of hydrogen-bond acceptors (Lipinski definition) is 6. The molecule has 20 heavy (non-hydrogen) atoms. The second-order valence-electron chi connectivity index (χ2n) is 5.43. The van der Waals surface area contributed by atoms with E-state index in [1.807, 2.05) is 7.05 Å². The topological polar surface area (TPSA) is 79.0 Å². The van der Waals surface area contributed by atoms with Crippen LogP contribution in [0.15, 0.2) is 6.20 Å². The average Bonchev–Trinajstić information content (AvgIpc) is 2.94. The molecule has 1 unspecified atom stereocenters. The highest BCUT2D eigenvalue weighted by molar-refractivity contribution is 5.87. The fraction of sp³-hybridized carbons (Fsp3) is 0.615. The number of methoxy groups -OCH3 is 1. The fourth-order valence-electron chi connectivity index (χ4n) is 2.73. The van der Waals surface area contributed by atoms with Crippen LogP contribution in [0.2, 0.25) is 0 Å². The number of aromatic amines is 1. The standard InChI is InChI=1S/C13H20N6O/c1-13(20-3)5-4-6-19(8-13)11-9-7-15-18-10(9)16-12(14-2)17-11/h7H,4-6,8H2,1-3H3,(H2,14,15,16,17,18). The number of rotatable bonds is 3. The molecule has 1 aliphatic rings. The van der Waals surface area contributed by atoms with E-state index < -0.39 is 0 Å². The Kier molecular flexibility index (Phi) is 3.21. The van der Waals surface area contributed by atoms with Crippen molar-refractivity contribution < 1.29 is 4.74 Å². The summed E-state index contributed by atoms with van der Waals surface area (Å²) in [5.74, 6) is 1.51. The van der Waals surface area contributed by atoms with E-state index in [9.17, 15) is 0 Å². The van der Waals surface area contributed by atoms with E-state index in [-0.39, 0.29) is 5.60 Å². The molecule has 1 aliphatic heterocycles. The van der Waals surface area contributed by atoms with E-state index in [1.165, 1.54) is 0 Å². The van der Waals surface area contributed by atoms with Crippen LogP contribution in [0.4, 0.5) is 11.8 Å². The summed E-state index contributed by atoms with van der Waals surface area (Å²) >= 11 is 0. The first-order chi connectivity index (χ1) is 9.65. The first kappa shape index (κ1) is 13.1. The van der Waals surface area contributed by atoms with Gasteiger partial charge in [-0.05, 0) is 19.8 Å². The Labute approximate surface area is 117 Å². The van der Waals surface area contributed by atoms with Crippen LogP contribution < -0.4 is 10.2 Å². The van der Waals surface area contributed by atoms with Crippen molar-refractivity contribution in [3.05, 3.63) is 6.20 Å². The molecule has 1 atom stereocenters. The van der Waals surface area contributed by atoms with Gasteiger partial charge < -0.3 is 15.0 Å². The maximum absolute atomic E-state index is 5.66. The number of ether oxygens (including phenoxy) is 1. The van der Waals surface area contributed by atoms with Crippen LogP contribution >= 0.6 is 0 Å². The number of fused-ring (bicyclic) bond motifs is 1. The molecule has 3 rings (SSSR count). The van der Waals surface area contributed by atoms with Crippen LogP contribution in [0.5, 0.6) is 0 Å². The van der Waals surface area contributed by atoms with E-state index in [1.54, 1.807) is 13.3 Å². The minimum absolute atomic E-state index is 0.126. The van der Waals surface area contributed by atoms with E-state index in [2.05, 4.69) is 37.3 Å². The molecule has 1 saturated heterocycles. The van der Waals surface area contributed by atoms with Crippen molar-refractivity contribution in [2.45, 2.75) is 25.4 Å². The summed E-state index contributed by atoms with van der Waals surface area (Å²) in [5.41, 5.74) is 0.628. The molecular formula is C13H20N6O. The van der Waals surface area contributed by atoms with E-state index in [0.29, 0.717) is 5.95 Å². The Morgan fingerprint density at radius 3 is 3.05 bits per heavy atom. The van der Waals surface area contributed by atoms with Gasteiger partial charge in [0.05, 0.1) is 17.2 Å². The van der Waals surface area contributed by atoms with Gasteiger partial charge in [0.15, 0.2) is 5.65 Å². The predicted molar refractivity (Wildman–Crippen MR) is 78.1 cm³/mol. The number of nitrogens with zero attached hydrogens (tertiary/aromatic N) is 4. The molecule has 7 nitrogen and oxygen atoms in total. The maximum atomic E-state index is 5.66. The number of piperidine rings is 1. The summed E-state index contributed by atoms with van der Waals surface area (Å²) in [6, 6.07) is 0. The number of nitrogens with one attached hydrogen (secondary N) is 2. The van der Waals surface area contributed by atoms with Crippen molar-refractivity contribution in [1.29, 1.82) is 0 Å². The highest BCUT2D eigenvalue weighted by Gasteiger charge is 2.32. The van der Waals surface area contributed by atoms with E-state index in [4.69, 9.17) is 4.74 Å². The highest BCUT2D eigenvalue weighted by atomic mass is 16.5. The molecule has 2 N–H and O–H groups in total. The van der Waals surface area contributed by atoms with Crippen LogP contribution in [0.3, 0.4) is 0 Å². The summed E-state index contributed by atoms with van der Waals surface area (Å²) in [6.07, 6.45) is 3.93. The molecule has 3 heterocycles. The van der Waals surface area contributed by atoms with Crippen LogP contribution in [-0.2, 0) is 4.74 Å². The second kappa shape index (κ2) is 4.90. The lowest BCUT2D eigenvalue weighted by atomic mass is 9.94. The summed E-state index contributed by atoms with van der Waals surface area (Å²) in [4.78, 5) is 11.2. The molecule has 1 fully saturated rings. The quantitative estimate of drug-likeness (QED) is 0.882. The molecule has 0 radical (unpaired) electrons. The molecule has 108 valence electrons. The molecule has 0 aliphatic carbocycles. The minimum Gasteiger partial charge on any atom is -0.377 e. The number of anilines is 2. The molecule has 2 aromatic rings. The Bertz CT molecular complexity index is 612. The first-order valence-corrected chi connectivity index (χ1v) is 6.84. The van der Waals surface area contributed by atoms with E-state index in [0.717, 1.165) is 42.8 Å². The largest absolute Gasteiger partial charge is 0.377 e. The summed E-state index contributed by atoms with van der Waals surface area (Å²) in [6.45, 7) is 3.94. The predicted octanol–water partition coefficient (Wildman–Crippen LogP) is 1.40. The zero-order chi connectivity index (χ0) is 14.2. The van der Waals surface area contributed by atoms with Crippen LogP contribution in [0, 0.1) is 0 Å². The first-order valence-electron chi connectivity index (χ1n) is 6.84. The highest BCUT2D eigenvalue weighted by Crippen LogP contribution is 2.31. The van der Waals surface area contributed by atoms with Crippen molar-refractivity contribution in [2.75, 3.05) is 37.5 Å². The zero-order valence-electron chi connectivity index (χ0n) is 12.1.